The van der Waals surface area contributed by atoms with Crippen LogP contribution in [0.4, 0.5) is 4.39 Å². The van der Waals surface area contributed by atoms with Crippen LogP contribution in [0.3, 0.4) is 0 Å². The maximum absolute atomic E-state index is 13.9. The van der Waals surface area contributed by atoms with Gasteiger partial charge in [0.1, 0.15) is 11.4 Å². The van der Waals surface area contributed by atoms with Crippen molar-refractivity contribution >= 4 is 22.7 Å². The van der Waals surface area contributed by atoms with E-state index in [1.165, 1.54) is 31.3 Å². The van der Waals surface area contributed by atoms with E-state index in [1.54, 1.807) is 10.7 Å². The molecule has 0 amide bonds. The van der Waals surface area contributed by atoms with E-state index in [0.717, 1.165) is 11.3 Å². The van der Waals surface area contributed by atoms with E-state index < -0.39 is 5.82 Å². The van der Waals surface area contributed by atoms with Crippen LogP contribution in [0.2, 0.25) is 0 Å². The molecule has 0 fully saturated rings. The molecule has 0 radical (unpaired) electrons. The van der Waals surface area contributed by atoms with Crippen molar-refractivity contribution < 1.29 is 9.13 Å². The summed E-state index contributed by atoms with van der Waals surface area (Å²) >= 11 is 1.27. The topological polar surface area (TPSA) is 78.6 Å². The number of hydrogen-bond donors (Lipinski definition) is 0. The quantitative estimate of drug-likeness (QED) is 0.512. The molecule has 0 saturated heterocycles. The van der Waals surface area contributed by atoms with Crippen molar-refractivity contribution in [2.45, 2.75) is 17.1 Å². The maximum Gasteiger partial charge on any atom is 0.220 e. The van der Waals surface area contributed by atoms with Crippen LogP contribution in [-0.4, -0.2) is 37.3 Å². The normalized spacial score (nSPS) is 11.0. The Morgan fingerprint density at radius 1 is 1.12 bits per heavy atom. The lowest BCUT2D eigenvalue weighted by Gasteiger charge is -2.08. The van der Waals surface area contributed by atoms with E-state index in [1.807, 2.05) is 31.2 Å². The second-order valence-electron chi connectivity index (χ2n) is 5.49. The Hall–Kier alpha value is -3.07. The smallest absolute Gasteiger partial charge is 0.220 e. The van der Waals surface area contributed by atoms with Gasteiger partial charge in [0, 0.05) is 11.5 Å². The highest BCUT2D eigenvalue weighted by atomic mass is 32.2. The number of benzene rings is 2. The van der Waals surface area contributed by atoms with Crippen LogP contribution < -0.4 is 4.74 Å². The number of hydrogen-bond acceptors (Lipinski definition) is 7. The summed E-state index contributed by atoms with van der Waals surface area (Å²) in [6, 6.07) is 10.7. The number of fused-ring (bicyclic) bond motifs is 1. The van der Waals surface area contributed by atoms with Gasteiger partial charge in [-0.15, -0.1) is 5.10 Å². The first-order chi connectivity index (χ1) is 12.7. The molecule has 0 saturated carbocycles. The monoisotopic (exact) mass is 368 g/mol. The van der Waals surface area contributed by atoms with Gasteiger partial charge in [-0.2, -0.15) is 4.68 Å². The molecule has 0 N–H and O–H groups in total. The molecule has 0 atom stereocenters. The largest absolute Gasteiger partial charge is 0.494 e. The van der Waals surface area contributed by atoms with Crippen LogP contribution in [0.25, 0.3) is 16.6 Å². The fraction of sp³-hybridized carbons (Fsp3) is 0.118. The third-order valence-electron chi connectivity index (χ3n) is 3.78. The van der Waals surface area contributed by atoms with E-state index >= 15 is 0 Å². The summed E-state index contributed by atoms with van der Waals surface area (Å²) < 4.78 is 20.6. The zero-order valence-corrected chi connectivity index (χ0v) is 14.7. The van der Waals surface area contributed by atoms with Gasteiger partial charge in [0.05, 0.1) is 18.3 Å². The van der Waals surface area contributed by atoms with Crippen molar-refractivity contribution in [1.82, 2.24) is 30.2 Å². The minimum atomic E-state index is -0.473. The first-order valence-electron chi connectivity index (χ1n) is 7.67. The van der Waals surface area contributed by atoms with Gasteiger partial charge in [0.2, 0.25) is 5.16 Å². The Bertz CT molecular complexity index is 1080. The molecular formula is C17H13FN6OS. The second-order valence-corrected chi connectivity index (χ2v) is 6.45. The molecular weight excluding hydrogens is 355 g/mol. The number of halogens is 1. The van der Waals surface area contributed by atoms with E-state index in [-0.39, 0.29) is 5.75 Å². The van der Waals surface area contributed by atoms with E-state index in [0.29, 0.717) is 21.1 Å². The Morgan fingerprint density at radius 3 is 2.69 bits per heavy atom. The lowest BCUT2D eigenvalue weighted by Crippen LogP contribution is -1.99. The van der Waals surface area contributed by atoms with Crippen molar-refractivity contribution in [1.29, 1.82) is 0 Å². The lowest BCUT2D eigenvalue weighted by molar-refractivity contribution is 0.387. The molecule has 0 unspecified atom stereocenters. The molecule has 0 aliphatic heterocycles. The SMILES string of the molecule is COc1cc2c(Sc3nnnn3-c3ccc(C)cc3)ncnc2cc1F. The molecule has 4 aromatic rings. The summed E-state index contributed by atoms with van der Waals surface area (Å²) in [6.45, 7) is 2.01. The van der Waals surface area contributed by atoms with Crippen LogP contribution in [0.15, 0.2) is 52.9 Å². The average molecular weight is 368 g/mol. The van der Waals surface area contributed by atoms with E-state index in [9.17, 15) is 4.39 Å². The fourth-order valence-electron chi connectivity index (χ4n) is 2.45. The summed E-state index contributed by atoms with van der Waals surface area (Å²) in [5.41, 5.74) is 2.46. The zero-order valence-electron chi connectivity index (χ0n) is 13.9. The van der Waals surface area contributed by atoms with Crippen LogP contribution in [0.1, 0.15) is 5.56 Å². The standard InChI is InChI=1S/C17H13FN6OS/c1-10-3-5-11(6-4-10)24-17(21-22-23-24)26-16-12-7-15(25-2)13(18)8-14(12)19-9-20-16/h3-9H,1-2H3. The molecule has 2 heterocycles. The van der Waals surface area contributed by atoms with Crippen LogP contribution in [0.5, 0.6) is 5.75 Å². The Morgan fingerprint density at radius 2 is 1.92 bits per heavy atom. The maximum atomic E-state index is 13.9. The van der Waals surface area contributed by atoms with Gasteiger partial charge in [-0.1, -0.05) is 17.7 Å². The Balaban J connectivity index is 1.77. The summed E-state index contributed by atoms with van der Waals surface area (Å²) in [6.07, 6.45) is 1.39. The average Bonchev–Trinajstić information content (AvgIpc) is 3.10. The third kappa shape index (κ3) is 2.97. The summed E-state index contributed by atoms with van der Waals surface area (Å²) in [7, 11) is 1.42. The summed E-state index contributed by atoms with van der Waals surface area (Å²) in [5, 5.41) is 13.7. The number of methoxy groups -OCH3 is 1. The molecule has 7 nitrogen and oxygen atoms in total. The number of ether oxygens (including phenoxy) is 1. The van der Waals surface area contributed by atoms with Crippen LogP contribution >= 0.6 is 11.8 Å². The van der Waals surface area contributed by atoms with Gasteiger partial charge in [-0.3, -0.25) is 0 Å². The summed E-state index contributed by atoms with van der Waals surface area (Å²) in [5.74, 6) is -0.341. The van der Waals surface area contributed by atoms with Crippen molar-refractivity contribution in [3.05, 3.63) is 54.1 Å². The van der Waals surface area contributed by atoms with Crippen LogP contribution in [-0.2, 0) is 0 Å². The number of tetrazole rings is 1. The number of aromatic nitrogens is 6. The van der Waals surface area contributed by atoms with Crippen LogP contribution in [0, 0.1) is 12.7 Å². The highest BCUT2D eigenvalue weighted by Crippen LogP contribution is 2.33. The van der Waals surface area contributed by atoms with Crippen molar-refractivity contribution in [2.75, 3.05) is 7.11 Å². The van der Waals surface area contributed by atoms with Gasteiger partial charge in [0.15, 0.2) is 11.6 Å². The van der Waals surface area contributed by atoms with Crippen molar-refractivity contribution in [3.63, 3.8) is 0 Å². The molecule has 130 valence electrons. The van der Waals surface area contributed by atoms with Gasteiger partial charge in [-0.05, 0) is 47.3 Å². The van der Waals surface area contributed by atoms with Crippen molar-refractivity contribution in [2.24, 2.45) is 0 Å². The Kier molecular flexibility index (Phi) is 4.21. The van der Waals surface area contributed by atoms with Gasteiger partial charge < -0.3 is 4.74 Å². The molecule has 9 heteroatoms. The van der Waals surface area contributed by atoms with Gasteiger partial charge in [0.25, 0.3) is 0 Å². The fourth-order valence-corrected chi connectivity index (χ4v) is 3.30. The lowest BCUT2D eigenvalue weighted by atomic mass is 10.2. The molecule has 0 spiro atoms. The molecule has 0 aliphatic rings. The predicted molar refractivity (Wildman–Crippen MR) is 94.1 cm³/mol. The van der Waals surface area contributed by atoms with Gasteiger partial charge >= 0.3 is 0 Å². The molecule has 0 aliphatic carbocycles. The minimum absolute atomic E-state index is 0.132. The molecule has 0 bridgehead atoms. The van der Waals surface area contributed by atoms with E-state index in [2.05, 4.69) is 25.5 Å². The highest BCUT2D eigenvalue weighted by Gasteiger charge is 2.15. The predicted octanol–water partition coefficient (Wildman–Crippen LogP) is 3.21. The minimum Gasteiger partial charge on any atom is -0.494 e. The van der Waals surface area contributed by atoms with E-state index in [4.69, 9.17) is 4.74 Å². The molecule has 2 aromatic heterocycles. The molecule has 26 heavy (non-hydrogen) atoms. The highest BCUT2D eigenvalue weighted by molar-refractivity contribution is 7.99. The summed E-state index contributed by atoms with van der Waals surface area (Å²) in [4.78, 5) is 8.42. The Labute approximate surface area is 152 Å². The third-order valence-corrected chi connectivity index (χ3v) is 4.74. The second kappa shape index (κ2) is 6.68. The number of rotatable bonds is 4. The van der Waals surface area contributed by atoms with Gasteiger partial charge in [-0.25, -0.2) is 14.4 Å². The first-order valence-corrected chi connectivity index (χ1v) is 8.49. The molecule has 2 aromatic carbocycles. The number of aryl methyl sites for hydroxylation is 1. The first kappa shape index (κ1) is 16.4. The zero-order chi connectivity index (χ0) is 18.1. The molecule has 4 rings (SSSR count). The van der Waals surface area contributed by atoms with Crippen molar-refractivity contribution in [3.8, 4) is 11.4 Å². The number of nitrogens with zero attached hydrogens (tertiary/aromatic N) is 6.